The lowest BCUT2D eigenvalue weighted by atomic mass is 10.0. The molecule has 0 atom stereocenters. The standard InChI is InChI=1S/C19H21NO4/c1-4-24-19(22)17-12(2)20(9-10-21)18-14-8-6-5-7-13(14)16(23-3)11-15(17)18/h5-8,11,21H,4,9-10H2,1-3H3. The van der Waals surface area contributed by atoms with Crippen molar-refractivity contribution < 1.29 is 19.4 Å². The van der Waals surface area contributed by atoms with Gasteiger partial charge in [0, 0.05) is 28.4 Å². The Morgan fingerprint density at radius 1 is 1.21 bits per heavy atom. The molecule has 0 fully saturated rings. The van der Waals surface area contributed by atoms with E-state index < -0.39 is 0 Å². The molecule has 0 unspecified atom stereocenters. The minimum Gasteiger partial charge on any atom is -0.496 e. The summed E-state index contributed by atoms with van der Waals surface area (Å²) in [7, 11) is 1.62. The Labute approximate surface area is 140 Å². The topological polar surface area (TPSA) is 60.7 Å². The fraction of sp³-hybridized carbons (Fsp3) is 0.316. The Morgan fingerprint density at radius 3 is 2.54 bits per heavy atom. The van der Waals surface area contributed by atoms with E-state index >= 15 is 0 Å². The Kier molecular flexibility index (Phi) is 4.44. The van der Waals surface area contributed by atoms with E-state index in [0.29, 0.717) is 24.5 Å². The van der Waals surface area contributed by atoms with Crippen LogP contribution in [0.15, 0.2) is 30.3 Å². The largest absolute Gasteiger partial charge is 0.496 e. The smallest absolute Gasteiger partial charge is 0.340 e. The summed E-state index contributed by atoms with van der Waals surface area (Å²) in [5.41, 5.74) is 2.24. The van der Waals surface area contributed by atoms with Gasteiger partial charge in [0.15, 0.2) is 0 Å². The van der Waals surface area contributed by atoms with E-state index in [4.69, 9.17) is 9.47 Å². The lowest BCUT2D eigenvalue weighted by Gasteiger charge is -2.10. The molecule has 1 heterocycles. The van der Waals surface area contributed by atoms with Gasteiger partial charge in [0.2, 0.25) is 0 Å². The molecule has 0 radical (unpaired) electrons. The first-order valence-electron chi connectivity index (χ1n) is 8.00. The number of nitrogens with zero attached hydrogens (tertiary/aromatic N) is 1. The van der Waals surface area contributed by atoms with Crippen LogP contribution in [0.3, 0.4) is 0 Å². The Hall–Kier alpha value is -2.53. The van der Waals surface area contributed by atoms with Crippen LogP contribution in [0.4, 0.5) is 0 Å². The van der Waals surface area contributed by atoms with Crippen molar-refractivity contribution in [2.45, 2.75) is 20.4 Å². The molecule has 0 aliphatic heterocycles. The fourth-order valence-electron chi connectivity index (χ4n) is 3.32. The highest BCUT2D eigenvalue weighted by atomic mass is 16.5. The fourth-order valence-corrected chi connectivity index (χ4v) is 3.32. The van der Waals surface area contributed by atoms with Crippen LogP contribution in [-0.4, -0.2) is 36.0 Å². The van der Waals surface area contributed by atoms with Crippen molar-refractivity contribution in [2.24, 2.45) is 0 Å². The van der Waals surface area contributed by atoms with Gasteiger partial charge in [0.05, 0.1) is 31.4 Å². The Bertz CT molecular complexity index is 911. The van der Waals surface area contributed by atoms with Crippen LogP contribution >= 0.6 is 0 Å². The van der Waals surface area contributed by atoms with Gasteiger partial charge in [0.1, 0.15) is 5.75 Å². The molecule has 24 heavy (non-hydrogen) atoms. The van der Waals surface area contributed by atoms with Gasteiger partial charge in [-0.25, -0.2) is 4.79 Å². The summed E-state index contributed by atoms with van der Waals surface area (Å²) >= 11 is 0. The minimum absolute atomic E-state index is 0.00670. The zero-order valence-electron chi connectivity index (χ0n) is 14.1. The molecule has 0 saturated heterocycles. The van der Waals surface area contributed by atoms with Crippen molar-refractivity contribution in [3.8, 4) is 5.75 Å². The number of ether oxygens (including phenoxy) is 2. The number of hydrogen-bond donors (Lipinski definition) is 1. The summed E-state index contributed by atoms with van der Waals surface area (Å²) in [4.78, 5) is 12.5. The highest BCUT2D eigenvalue weighted by Crippen LogP contribution is 2.38. The summed E-state index contributed by atoms with van der Waals surface area (Å²) in [6.07, 6.45) is 0. The van der Waals surface area contributed by atoms with E-state index in [0.717, 1.165) is 27.4 Å². The summed E-state index contributed by atoms with van der Waals surface area (Å²) in [5.74, 6) is 0.360. The number of aromatic nitrogens is 1. The molecule has 3 aromatic rings. The molecule has 0 spiro atoms. The predicted molar refractivity (Wildman–Crippen MR) is 93.8 cm³/mol. The van der Waals surface area contributed by atoms with Crippen LogP contribution < -0.4 is 4.74 Å². The van der Waals surface area contributed by atoms with Gasteiger partial charge in [-0.2, -0.15) is 0 Å². The van der Waals surface area contributed by atoms with E-state index in [1.807, 2.05) is 41.8 Å². The number of carbonyl (C=O) groups excluding carboxylic acids is 1. The van der Waals surface area contributed by atoms with Gasteiger partial charge < -0.3 is 19.1 Å². The van der Waals surface area contributed by atoms with Crippen molar-refractivity contribution in [1.82, 2.24) is 4.57 Å². The molecule has 5 nitrogen and oxygen atoms in total. The maximum Gasteiger partial charge on any atom is 0.340 e. The molecule has 1 aromatic heterocycles. The van der Waals surface area contributed by atoms with Crippen LogP contribution in [0, 0.1) is 6.92 Å². The monoisotopic (exact) mass is 327 g/mol. The molecular formula is C19H21NO4. The number of aliphatic hydroxyl groups excluding tert-OH is 1. The molecule has 1 N–H and O–H groups in total. The SMILES string of the molecule is CCOC(=O)c1c(C)n(CCO)c2c1cc(OC)c1ccccc12. The van der Waals surface area contributed by atoms with Crippen LogP contribution in [0.5, 0.6) is 5.75 Å². The maximum absolute atomic E-state index is 12.5. The molecule has 0 aliphatic rings. The molecular weight excluding hydrogens is 306 g/mol. The van der Waals surface area contributed by atoms with Crippen molar-refractivity contribution in [3.63, 3.8) is 0 Å². The average Bonchev–Trinajstić information content (AvgIpc) is 2.87. The molecule has 5 heteroatoms. The maximum atomic E-state index is 12.5. The first-order chi connectivity index (χ1) is 11.6. The van der Waals surface area contributed by atoms with E-state index in [-0.39, 0.29) is 12.6 Å². The van der Waals surface area contributed by atoms with E-state index in [9.17, 15) is 9.90 Å². The number of methoxy groups -OCH3 is 1. The van der Waals surface area contributed by atoms with Crippen molar-refractivity contribution in [3.05, 3.63) is 41.6 Å². The number of carbonyl (C=O) groups is 1. The van der Waals surface area contributed by atoms with Crippen LogP contribution in [0.1, 0.15) is 23.0 Å². The van der Waals surface area contributed by atoms with Crippen LogP contribution in [-0.2, 0) is 11.3 Å². The van der Waals surface area contributed by atoms with Gasteiger partial charge in [-0.3, -0.25) is 0 Å². The second kappa shape index (κ2) is 6.53. The lowest BCUT2D eigenvalue weighted by Crippen LogP contribution is -2.08. The van der Waals surface area contributed by atoms with Gasteiger partial charge in [0.25, 0.3) is 0 Å². The third kappa shape index (κ3) is 2.41. The molecule has 2 aromatic carbocycles. The Balaban J connectivity index is 2.47. The highest BCUT2D eigenvalue weighted by Gasteiger charge is 2.23. The third-order valence-corrected chi connectivity index (χ3v) is 4.31. The quantitative estimate of drug-likeness (QED) is 0.731. The van der Waals surface area contributed by atoms with Gasteiger partial charge in [-0.15, -0.1) is 0 Å². The average molecular weight is 327 g/mol. The third-order valence-electron chi connectivity index (χ3n) is 4.31. The van der Waals surface area contributed by atoms with Crippen molar-refractivity contribution in [2.75, 3.05) is 20.3 Å². The zero-order valence-corrected chi connectivity index (χ0v) is 14.1. The number of hydrogen-bond acceptors (Lipinski definition) is 4. The van der Waals surface area contributed by atoms with Gasteiger partial charge in [-0.05, 0) is 19.9 Å². The Morgan fingerprint density at radius 2 is 1.92 bits per heavy atom. The molecule has 3 rings (SSSR count). The van der Waals surface area contributed by atoms with E-state index in [1.165, 1.54) is 0 Å². The summed E-state index contributed by atoms with van der Waals surface area (Å²) in [5, 5.41) is 12.2. The number of rotatable bonds is 5. The van der Waals surface area contributed by atoms with Gasteiger partial charge >= 0.3 is 5.97 Å². The normalized spacial score (nSPS) is 11.2. The van der Waals surface area contributed by atoms with E-state index in [1.54, 1.807) is 14.0 Å². The molecule has 126 valence electrons. The number of esters is 1. The first kappa shape index (κ1) is 16.3. The number of benzene rings is 2. The van der Waals surface area contributed by atoms with Crippen molar-refractivity contribution >= 4 is 27.6 Å². The summed E-state index contributed by atoms with van der Waals surface area (Å²) < 4.78 is 12.7. The molecule has 0 saturated carbocycles. The van der Waals surface area contributed by atoms with Crippen LogP contribution in [0.25, 0.3) is 21.7 Å². The zero-order chi connectivity index (χ0) is 17.3. The number of fused-ring (bicyclic) bond motifs is 3. The predicted octanol–water partition coefficient (Wildman–Crippen LogP) is 3.28. The molecule has 0 amide bonds. The number of aliphatic hydroxyl groups is 1. The van der Waals surface area contributed by atoms with Crippen molar-refractivity contribution in [1.29, 1.82) is 0 Å². The summed E-state index contributed by atoms with van der Waals surface area (Å²) in [6.45, 7) is 4.39. The summed E-state index contributed by atoms with van der Waals surface area (Å²) in [6, 6.07) is 9.78. The minimum atomic E-state index is -0.353. The molecule has 0 bridgehead atoms. The van der Waals surface area contributed by atoms with Gasteiger partial charge in [-0.1, -0.05) is 24.3 Å². The first-order valence-corrected chi connectivity index (χ1v) is 8.00. The van der Waals surface area contributed by atoms with E-state index in [2.05, 4.69) is 0 Å². The second-order valence-corrected chi connectivity index (χ2v) is 5.58. The molecule has 0 aliphatic carbocycles. The lowest BCUT2D eigenvalue weighted by molar-refractivity contribution is 0.0527. The highest BCUT2D eigenvalue weighted by molar-refractivity contribution is 6.16. The second-order valence-electron chi connectivity index (χ2n) is 5.58. The van der Waals surface area contributed by atoms with Crippen LogP contribution in [0.2, 0.25) is 0 Å².